The molecule has 9 heteroatoms. The van der Waals surface area contributed by atoms with Crippen molar-refractivity contribution in [1.29, 1.82) is 5.26 Å². The zero-order chi connectivity index (χ0) is 21.8. The topological polar surface area (TPSA) is 97.6 Å². The molecule has 3 heterocycles. The van der Waals surface area contributed by atoms with E-state index in [-0.39, 0.29) is 10.8 Å². The number of hydrogen-bond acceptors (Lipinski definition) is 6. The van der Waals surface area contributed by atoms with Crippen molar-refractivity contribution in [2.45, 2.75) is 30.2 Å². The highest BCUT2D eigenvalue weighted by molar-refractivity contribution is 7.89. The molecule has 2 aliphatic rings. The molecule has 2 fully saturated rings. The number of carbonyl (C=O) groups is 1. The second-order valence-corrected chi connectivity index (χ2v) is 9.63. The van der Waals surface area contributed by atoms with Crippen molar-refractivity contribution in [3.63, 3.8) is 0 Å². The van der Waals surface area contributed by atoms with Crippen LogP contribution in [-0.2, 0) is 14.8 Å². The summed E-state index contributed by atoms with van der Waals surface area (Å²) in [6.45, 7) is 2.39. The molecule has 0 N–H and O–H groups in total. The summed E-state index contributed by atoms with van der Waals surface area (Å²) >= 11 is 0. The third kappa shape index (κ3) is 4.27. The summed E-state index contributed by atoms with van der Waals surface area (Å²) in [5.74, 6) is 0.489. The van der Waals surface area contributed by atoms with Gasteiger partial charge in [0, 0.05) is 38.9 Å². The van der Waals surface area contributed by atoms with E-state index in [1.807, 2.05) is 4.90 Å². The Bertz CT molecular complexity index is 1080. The monoisotopic (exact) mass is 439 g/mol. The van der Waals surface area contributed by atoms with Gasteiger partial charge in [0.25, 0.3) is 0 Å². The van der Waals surface area contributed by atoms with Gasteiger partial charge in [0.1, 0.15) is 17.9 Å². The van der Waals surface area contributed by atoms with Crippen LogP contribution >= 0.6 is 0 Å². The first kappa shape index (κ1) is 21.3. The Balaban J connectivity index is 1.48. The van der Waals surface area contributed by atoms with Crippen molar-refractivity contribution in [1.82, 2.24) is 14.2 Å². The fourth-order valence-electron chi connectivity index (χ4n) is 4.25. The number of anilines is 1. The van der Waals surface area contributed by atoms with Crippen LogP contribution in [0.2, 0.25) is 0 Å². The number of piperazine rings is 1. The fourth-order valence-corrected chi connectivity index (χ4v) is 5.92. The number of hydrogen-bond donors (Lipinski definition) is 0. The van der Waals surface area contributed by atoms with Gasteiger partial charge in [-0.3, -0.25) is 4.79 Å². The lowest BCUT2D eigenvalue weighted by atomic mass is 10.0. The van der Waals surface area contributed by atoms with Gasteiger partial charge in [-0.05, 0) is 37.1 Å². The highest BCUT2D eigenvalue weighted by atomic mass is 32.2. The molecule has 2 aliphatic heterocycles. The molecular formula is C22H25N5O3S. The van der Waals surface area contributed by atoms with Gasteiger partial charge in [0.15, 0.2) is 0 Å². The molecule has 0 bridgehead atoms. The van der Waals surface area contributed by atoms with E-state index in [1.54, 1.807) is 53.6 Å². The fraction of sp³-hybridized carbons (Fsp3) is 0.409. The van der Waals surface area contributed by atoms with E-state index < -0.39 is 16.1 Å². The van der Waals surface area contributed by atoms with Crippen LogP contribution in [-0.4, -0.2) is 67.3 Å². The van der Waals surface area contributed by atoms with Gasteiger partial charge in [-0.15, -0.1) is 0 Å². The first-order valence-corrected chi connectivity index (χ1v) is 11.9. The van der Waals surface area contributed by atoms with E-state index in [0.717, 1.165) is 12.8 Å². The van der Waals surface area contributed by atoms with Crippen LogP contribution in [0.5, 0.6) is 0 Å². The van der Waals surface area contributed by atoms with Gasteiger partial charge in [-0.1, -0.05) is 24.6 Å². The van der Waals surface area contributed by atoms with Gasteiger partial charge < -0.3 is 9.80 Å². The summed E-state index contributed by atoms with van der Waals surface area (Å²) in [7, 11) is -3.73. The summed E-state index contributed by atoms with van der Waals surface area (Å²) in [4.78, 5) is 21.6. The van der Waals surface area contributed by atoms with Gasteiger partial charge in [0.05, 0.1) is 10.5 Å². The quantitative estimate of drug-likeness (QED) is 0.721. The molecule has 0 spiro atoms. The summed E-state index contributed by atoms with van der Waals surface area (Å²) in [5, 5.41) is 9.32. The molecule has 1 aromatic carbocycles. The minimum atomic E-state index is -3.73. The smallest absolute Gasteiger partial charge is 0.243 e. The average Bonchev–Trinajstić information content (AvgIpc) is 2.84. The Morgan fingerprint density at radius 2 is 1.74 bits per heavy atom. The summed E-state index contributed by atoms with van der Waals surface area (Å²) in [6.07, 6.45) is 3.77. The lowest BCUT2D eigenvalue weighted by Crippen LogP contribution is -2.57. The Morgan fingerprint density at radius 3 is 2.45 bits per heavy atom. The number of carbonyl (C=O) groups excluding carboxylic acids is 1. The van der Waals surface area contributed by atoms with Crippen molar-refractivity contribution < 1.29 is 13.2 Å². The van der Waals surface area contributed by atoms with Gasteiger partial charge in [-0.25, -0.2) is 13.4 Å². The molecule has 1 amide bonds. The van der Waals surface area contributed by atoms with E-state index in [4.69, 9.17) is 0 Å². The van der Waals surface area contributed by atoms with Crippen molar-refractivity contribution in [2.24, 2.45) is 0 Å². The molecule has 8 nitrogen and oxygen atoms in total. The first-order valence-electron chi connectivity index (χ1n) is 10.5. The molecule has 162 valence electrons. The molecule has 0 radical (unpaired) electrons. The summed E-state index contributed by atoms with van der Waals surface area (Å²) < 4.78 is 27.8. The largest absolute Gasteiger partial charge is 0.352 e. The molecule has 4 rings (SSSR count). The number of nitriles is 1. The van der Waals surface area contributed by atoms with E-state index in [9.17, 15) is 18.5 Å². The van der Waals surface area contributed by atoms with Crippen LogP contribution in [0.3, 0.4) is 0 Å². The number of nitrogens with zero attached hydrogens (tertiary/aromatic N) is 5. The molecule has 0 aliphatic carbocycles. The second kappa shape index (κ2) is 9.04. The van der Waals surface area contributed by atoms with E-state index in [0.29, 0.717) is 50.5 Å². The van der Waals surface area contributed by atoms with Crippen molar-refractivity contribution >= 4 is 21.7 Å². The summed E-state index contributed by atoms with van der Waals surface area (Å²) in [5.41, 5.74) is 0.509. The number of amides is 1. The van der Waals surface area contributed by atoms with Crippen molar-refractivity contribution in [2.75, 3.05) is 37.6 Å². The van der Waals surface area contributed by atoms with E-state index in [2.05, 4.69) is 11.1 Å². The van der Waals surface area contributed by atoms with Gasteiger partial charge in [0.2, 0.25) is 15.9 Å². The maximum absolute atomic E-state index is 13.3. The van der Waals surface area contributed by atoms with Crippen LogP contribution in [0.4, 0.5) is 5.82 Å². The number of benzene rings is 1. The predicted octanol–water partition coefficient (Wildman–Crippen LogP) is 1.85. The SMILES string of the molecule is N#Cc1cccnc1N1CCN(C(=O)C2CCCCN2S(=O)(=O)c2ccccc2)CC1. The summed E-state index contributed by atoms with van der Waals surface area (Å²) in [6, 6.07) is 13.3. The Hall–Kier alpha value is -2.96. The van der Waals surface area contributed by atoms with Gasteiger partial charge >= 0.3 is 0 Å². The highest BCUT2D eigenvalue weighted by Crippen LogP contribution is 2.27. The van der Waals surface area contributed by atoms with Crippen molar-refractivity contribution in [3.05, 3.63) is 54.2 Å². The van der Waals surface area contributed by atoms with Crippen LogP contribution < -0.4 is 4.90 Å². The van der Waals surface area contributed by atoms with Gasteiger partial charge in [-0.2, -0.15) is 9.57 Å². The molecule has 31 heavy (non-hydrogen) atoms. The highest BCUT2D eigenvalue weighted by Gasteiger charge is 2.40. The minimum absolute atomic E-state index is 0.139. The van der Waals surface area contributed by atoms with Crippen molar-refractivity contribution in [3.8, 4) is 6.07 Å². The maximum Gasteiger partial charge on any atom is 0.243 e. The third-order valence-corrected chi connectivity index (χ3v) is 7.81. The minimum Gasteiger partial charge on any atom is -0.352 e. The molecule has 1 atom stereocenters. The van der Waals surface area contributed by atoms with Crippen LogP contribution in [0.15, 0.2) is 53.6 Å². The lowest BCUT2D eigenvalue weighted by molar-refractivity contribution is -0.136. The average molecular weight is 440 g/mol. The zero-order valence-corrected chi connectivity index (χ0v) is 18.0. The molecule has 0 saturated carbocycles. The lowest BCUT2D eigenvalue weighted by Gasteiger charge is -2.40. The Morgan fingerprint density at radius 1 is 1.00 bits per heavy atom. The predicted molar refractivity (Wildman–Crippen MR) is 116 cm³/mol. The normalized spacial score (nSPS) is 20.3. The van der Waals surface area contributed by atoms with E-state index >= 15 is 0 Å². The molecule has 2 aromatic rings. The number of piperidine rings is 1. The number of rotatable bonds is 4. The van der Waals surface area contributed by atoms with Crippen LogP contribution in [0.1, 0.15) is 24.8 Å². The molecule has 2 saturated heterocycles. The number of pyridine rings is 1. The Labute approximate surface area is 182 Å². The van der Waals surface area contributed by atoms with E-state index in [1.165, 1.54) is 4.31 Å². The Kier molecular flexibility index (Phi) is 6.20. The van der Waals surface area contributed by atoms with Crippen LogP contribution in [0.25, 0.3) is 0 Å². The number of sulfonamides is 1. The molecule has 1 aromatic heterocycles. The van der Waals surface area contributed by atoms with Crippen LogP contribution in [0, 0.1) is 11.3 Å². The molecule has 1 unspecified atom stereocenters. The maximum atomic E-state index is 13.3. The standard InChI is InChI=1S/C22H25N5O3S/c23-17-18-7-6-11-24-21(18)25-13-15-26(16-14-25)22(28)20-10-4-5-12-27(20)31(29,30)19-8-2-1-3-9-19/h1-3,6-9,11,20H,4-5,10,12-16H2. The first-order chi connectivity index (χ1) is 15.0. The third-order valence-electron chi connectivity index (χ3n) is 5.89. The second-order valence-electron chi connectivity index (χ2n) is 7.74. The number of aromatic nitrogens is 1. The molecular weight excluding hydrogens is 414 g/mol. The zero-order valence-electron chi connectivity index (χ0n) is 17.2.